The summed E-state index contributed by atoms with van der Waals surface area (Å²) in [5, 5.41) is 1.13. The highest BCUT2D eigenvalue weighted by molar-refractivity contribution is 7.90. The van der Waals surface area contributed by atoms with Crippen molar-refractivity contribution in [1.29, 1.82) is 0 Å². The summed E-state index contributed by atoms with van der Waals surface area (Å²) >= 11 is 0. The largest absolute Gasteiger partial charge is 0.268 e. The molecule has 4 rings (SSSR count). The minimum absolute atomic E-state index is 0.339. The minimum Gasteiger partial charge on any atom is -0.241 e. The van der Waals surface area contributed by atoms with E-state index in [2.05, 4.69) is 6.07 Å². The summed E-state index contributed by atoms with van der Waals surface area (Å²) in [6.07, 6.45) is 4.87. The summed E-state index contributed by atoms with van der Waals surface area (Å²) in [6.45, 7) is 1.95. The van der Waals surface area contributed by atoms with Crippen LogP contribution in [0.15, 0.2) is 53.6 Å². The smallest absolute Gasteiger partial charge is 0.241 e. The van der Waals surface area contributed by atoms with Gasteiger partial charge in [-0.15, -0.1) is 0 Å². The molecule has 3 nitrogen and oxygen atoms in total. The molecule has 0 saturated carbocycles. The number of hydrogen-bond donors (Lipinski definition) is 0. The normalized spacial score (nSPS) is 14.4. The number of hydrogen-bond acceptors (Lipinski definition) is 2. The lowest BCUT2D eigenvalue weighted by molar-refractivity contribution is 0.589. The van der Waals surface area contributed by atoms with Crippen molar-refractivity contribution in [2.75, 3.05) is 0 Å². The first kappa shape index (κ1) is 13.6. The van der Waals surface area contributed by atoms with Crippen molar-refractivity contribution in [3.8, 4) is 0 Å². The molecular weight excluding hydrogens is 294 g/mol. The van der Waals surface area contributed by atoms with Crippen molar-refractivity contribution in [3.05, 3.63) is 65.4 Å². The van der Waals surface area contributed by atoms with Crippen LogP contribution in [0.1, 0.15) is 23.1 Å². The lowest BCUT2D eigenvalue weighted by Gasteiger charge is -2.11. The van der Waals surface area contributed by atoms with Crippen LogP contribution in [-0.4, -0.2) is 12.4 Å². The van der Waals surface area contributed by atoms with Gasteiger partial charge >= 0.3 is 0 Å². The molecule has 0 radical (unpaired) electrons. The Balaban J connectivity index is 1.99. The Morgan fingerprint density at radius 1 is 0.955 bits per heavy atom. The molecule has 1 aromatic heterocycles. The van der Waals surface area contributed by atoms with E-state index in [1.807, 2.05) is 37.4 Å². The zero-order chi connectivity index (χ0) is 15.3. The topological polar surface area (TPSA) is 39.1 Å². The van der Waals surface area contributed by atoms with Gasteiger partial charge in [-0.3, -0.25) is 0 Å². The SMILES string of the molecule is Cc1ccc(S(=O)(=O)n2cc3c4c(cccc42)CCC3)cc1. The predicted octanol–water partition coefficient (Wildman–Crippen LogP) is 3.68. The van der Waals surface area contributed by atoms with Crippen LogP contribution in [0.3, 0.4) is 0 Å². The second-order valence-corrected chi connectivity index (χ2v) is 7.75. The van der Waals surface area contributed by atoms with Gasteiger partial charge in [0.1, 0.15) is 0 Å². The van der Waals surface area contributed by atoms with Crippen molar-refractivity contribution >= 4 is 20.9 Å². The molecule has 0 amide bonds. The van der Waals surface area contributed by atoms with Crippen molar-refractivity contribution in [2.45, 2.75) is 31.1 Å². The molecule has 1 heterocycles. The number of aromatic nitrogens is 1. The van der Waals surface area contributed by atoms with Gasteiger partial charge in [0.2, 0.25) is 0 Å². The highest BCUT2D eigenvalue weighted by Crippen LogP contribution is 2.33. The monoisotopic (exact) mass is 311 g/mol. The highest BCUT2D eigenvalue weighted by atomic mass is 32.2. The van der Waals surface area contributed by atoms with Crippen LogP contribution >= 0.6 is 0 Å². The van der Waals surface area contributed by atoms with Gasteiger partial charge in [-0.1, -0.05) is 29.8 Å². The Morgan fingerprint density at radius 2 is 1.68 bits per heavy atom. The van der Waals surface area contributed by atoms with Gasteiger partial charge in [-0.05, 0) is 55.5 Å². The maximum absolute atomic E-state index is 13.0. The van der Waals surface area contributed by atoms with Gasteiger partial charge in [0.25, 0.3) is 10.0 Å². The molecule has 22 heavy (non-hydrogen) atoms. The molecule has 1 aliphatic rings. The summed E-state index contributed by atoms with van der Waals surface area (Å²) in [4.78, 5) is 0.339. The fourth-order valence-electron chi connectivity index (χ4n) is 3.31. The highest BCUT2D eigenvalue weighted by Gasteiger charge is 2.23. The molecule has 0 atom stereocenters. The molecule has 0 unspecified atom stereocenters. The molecular formula is C18H17NO2S. The Labute approximate surface area is 130 Å². The van der Waals surface area contributed by atoms with E-state index in [4.69, 9.17) is 0 Å². The first-order valence-corrected chi connectivity index (χ1v) is 8.95. The summed E-state index contributed by atoms with van der Waals surface area (Å²) in [7, 11) is -3.54. The first-order chi connectivity index (χ1) is 10.6. The Morgan fingerprint density at radius 3 is 2.45 bits per heavy atom. The third kappa shape index (κ3) is 1.91. The third-order valence-corrected chi connectivity index (χ3v) is 6.12. The summed E-state index contributed by atoms with van der Waals surface area (Å²) < 4.78 is 27.4. The van der Waals surface area contributed by atoms with Crippen LogP contribution in [0.4, 0.5) is 0 Å². The van der Waals surface area contributed by atoms with Crippen molar-refractivity contribution in [1.82, 2.24) is 3.97 Å². The van der Waals surface area contributed by atoms with Crippen molar-refractivity contribution in [3.63, 3.8) is 0 Å². The average molecular weight is 311 g/mol. The van der Waals surface area contributed by atoms with E-state index in [0.29, 0.717) is 4.90 Å². The molecule has 2 aromatic carbocycles. The molecule has 0 aliphatic heterocycles. The quantitative estimate of drug-likeness (QED) is 0.724. The second kappa shape index (κ2) is 4.71. The lowest BCUT2D eigenvalue weighted by Crippen LogP contribution is -2.11. The van der Waals surface area contributed by atoms with E-state index >= 15 is 0 Å². The van der Waals surface area contributed by atoms with E-state index in [-0.39, 0.29) is 0 Å². The third-order valence-electron chi connectivity index (χ3n) is 4.43. The molecule has 0 fully saturated rings. The minimum atomic E-state index is -3.54. The lowest BCUT2D eigenvalue weighted by atomic mass is 9.93. The molecule has 0 N–H and O–H groups in total. The second-order valence-electron chi connectivity index (χ2n) is 5.93. The van der Waals surface area contributed by atoms with Gasteiger partial charge in [0.05, 0.1) is 10.4 Å². The molecule has 0 spiro atoms. The zero-order valence-corrected chi connectivity index (χ0v) is 13.2. The van der Waals surface area contributed by atoms with Gasteiger partial charge < -0.3 is 0 Å². The summed E-state index contributed by atoms with van der Waals surface area (Å²) in [5.41, 5.74) is 4.26. The Hall–Kier alpha value is -2.07. The average Bonchev–Trinajstić information content (AvgIpc) is 2.90. The van der Waals surface area contributed by atoms with E-state index in [0.717, 1.165) is 41.3 Å². The first-order valence-electron chi connectivity index (χ1n) is 7.51. The number of benzene rings is 2. The van der Waals surface area contributed by atoms with Crippen LogP contribution in [0.2, 0.25) is 0 Å². The molecule has 0 saturated heterocycles. The van der Waals surface area contributed by atoms with Gasteiger partial charge in [-0.2, -0.15) is 0 Å². The summed E-state index contributed by atoms with van der Waals surface area (Å²) in [5.74, 6) is 0. The fourth-order valence-corrected chi connectivity index (χ4v) is 4.69. The maximum atomic E-state index is 13.0. The van der Waals surface area contributed by atoms with E-state index in [9.17, 15) is 8.42 Å². The standard InChI is InChI=1S/C18H17NO2S/c1-13-8-10-16(11-9-13)22(20,21)19-12-15-6-2-4-14-5-3-7-17(19)18(14)15/h3,5,7-12H,2,4,6H2,1H3. The number of nitrogens with zero attached hydrogens (tertiary/aromatic N) is 1. The number of rotatable bonds is 2. The van der Waals surface area contributed by atoms with E-state index in [1.54, 1.807) is 12.1 Å². The fraction of sp³-hybridized carbons (Fsp3) is 0.222. The summed E-state index contributed by atoms with van der Waals surface area (Å²) in [6, 6.07) is 13.0. The van der Waals surface area contributed by atoms with Crippen molar-refractivity contribution < 1.29 is 8.42 Å². The number of aryl methyl sites for hydroxylation is 3. The van der Waals surface area contributed by atoms with Crippen LogP contribution in [-0.2, 0) is 22.9 Å². The maximum Gasteiger partial charge on any atom is 0.268 e. The van der Waals surface area contributed by atoms with E-state index < -0.39 is 10.0 Å². The van der Waals surface area contributed by atoms with Crippen LogP contribution in [0, 0.1) is 6.92 Å². The Kier molecular flexibility index (Phi) is 2.91. The van der Waals surface area contributed by atoms with Gasteiger partial charge in [-0.25, -0.2) is 12.4 Å². The molecule has 112 valence electrons. The van der Waals surface area contributed by atoms with Crippen LogP contribution in [0.5, 0.6) is 0 Å². The molecule has 3 aromatic rings. The van der Waals surface area contributed by atoms with Crippen LogP contribution in [0.25, 0.3) is 10.9 Å². The molecule has 4 heteroatoms. The Bertz CT molecular complexity index is 966. The zero-order valence-electron chi connectivity index (χ0n) is 12.4. The van der Waals surface area contributed by atoms with Crippen molar-refractivity contribution in [2.24, 2.45) is 0 Å². The predicted molar refractivity (Wildman–Crippen MR) is 87.7 cm³/mol. The van der Waals surface area contributed by atoms with Gasteiger partial charge in [0, 0.05) is 11.6 Å². The molecule has 1 aliphatic carbocycles. The van der Waals surface area contributed by atoms with Crippen LogP contribution < -0.4 is 0 Å². The van der Waals surface area contributed by atoms with E-state index in [1.165, 1.54) is 9.54 Å². The van der Waals surface area contributed by atoms with Gasteiger partial charge in [0.15, 0.2) is 0 Å². The molecule has 0 bridgehead atoms.